The van der Waals surface area contributed by atoms with E-state index >= 15 is 0 Å². The van der Waals surface area contributed by atoms with Gasteiger partial charge in [-0.05, 0) is 12.8 Å². The summed E-state index contributed by atoms with van der Waals surface area (Å²) in [5.74, 6) is -2.13. The Morgan fingerprint density at radius 3 is 1.38 bits per heavy atom. The predicted molar refractivity (Wildman–Crippen MR) is 85.3 cm³/mol. The molecule has 0 aromatic rings. The van der Waals surface area contributed by atoms with E-state index < -0.39 is 23.3 Å². The van der Waals surface area contributed by atoms with Crippen molar-refractivity contribution in [3.63, 3.8) is 0 Å². The number of hydrogen-bond acceptors (Lipinski definition) is 7. The van der Waals surface area contributed by atoms with Crippen LogP contribution in [-0.4, -0.2) is 70.4 Å². The monoisotopic (exact) mass is 352 g/mol. The lowest BCUT2D eigenvalue weighted by Gasteiger charge is -2.20. The molecule has 9 nitrogen and oxygen atoms in total. The Morgan fingerprint density at radius 1 is 0.958 bits per heavy atom. The number of methoxy groups -OCH3 is 1. The quantitative estimate of drug-likeness (QED) is 0.219. The van der Waals surface area contributed by atoms with Gasteiger partial charge in [0.05, 0.1) is 26.9 Å². The van der Waals surface area contributed by atoms with E-state index in [2.05, 4.69) is 11.3 Å². The molecule has 0 fully saturated rings. The number of ether oxygens (including phenoxy) is 1. The van der Waals surface area contributed by atoms with Crippen LogP contribution in [0.4, 0.5) is 0 Å². The van der Waals surface area contributed by atoms with Crippen molar-refractivity contribution in [2.24, 2.45) is 5.41 Å². The lowest BCUT2D eigenvalue weighted by molar-refractivity contribution is -0.139. The van der Waals surface area contributed by atoms with Gasteiger partial charge in [-0.1, -0.05) is 13.5 Å². The van der Waals surface area contributed by atoms with Crippen molar-refractivity contribution in [1.82, 2.24) is 0 Å². The minimum Gasteiger partial charge on any atom is -0.481 e. The zero-order valence-electron chi connectivity index (χ0n) is 14.1. The Hall–Kier alpha value is -1.97. The first-order chi connectivity index (χ1) is 11.1. The van der Waals surface area contributed by atoms with E-state index in [1.165, 1.54) is 7.11 Å². The SMILES string of the molecule is C=CC(=O)OC.CC(CO)(CO)CO.O=C(O)CCCCC(=O)O. The van der Waals surface area contributed by atoms with Crippen molar-refractivity contribution in [2.45, 2.75) is 32.6 Å². The van der Waals surface area contributed by atoms with Crippen LogP contribution in [0.15, 0.2) is 12.7 Å². The van der Waals surface area contributed by atoms with E-state index in [1.54, 1.807) is 6.92 Å². The highest BCUT2D eigenvalue weighted by atomic mass is 16.5. The fourth-order valence-corrected chi connectivity index (χ4v) is 0.786. The van der Waals surface area contributed by atoms with Gasteiger partial charge in [-0.3, -0.25) is 9.59 Å². The van der Waals surface area contributed by atoms with Crippen LogP contribution in [-0.2, 0) is 19.1 Å². The molecule has 24 heavy (non-hydrogen) atoms. The fourth-order valence-electron chi connectivity index (χ4n) is 0.786. The van der Waals surface area contributed by atoms with Gasteiger partial charge in [0.2, 0.25) is 0 Å². The number of rotatable bonds is 9. The first kappa shape index (κ1) is 26.9. The Labute approximate surface area is 141 Å². The second-order valence-electron chi connectivity index (χ2n) is 5.01. The summed E-state index contributed by atoms with van der Waals surface area (Å²) in [7, 11) is 1.31. The number of carboxylic acids is 2. The third-order valence-corrected chi connectivity index (χ3v) is 2.54. The maximum Gasteiger partial charge on any atom is 0.329 e. The Morgan fingerprint density at radius 2 is 1.29 bits per heavy atom. The number of carbonyl (C=O) groups is 3. The van der Waals surface area contributed by atoms with Crippen LogP contribution >= 0.6 is 0 Å². The molecule has 0 aromatic heterocycles. The number of carbonyl (C=O) groups excluding carboxylic acids is 1. The minimum absolute atomic E-state index is 0.0628. The average molecular weight is 352 g/mol. The summed E-state index contributed by atoms with van der Waals surface area (Å²) in [5, 5.41) is 41.7. The average Bonchev–Trinajstić information content (AvgIpc) is 2.58. The molecular formula is C15H28O9. The number of carboxylic acid groups (broad SMARTS) is 2. The van der Waals surface area contributed by atoms with Crippen LogP contribution in [0.5, 0.6) is 0 Å². The molecular weight excluding hydrogens is 324 g/mol. The largest absolute Gasteiger partial charge is 0.481 e. The van der Waals surface area contributed by atoms with Gasteiger partial charge in [0, 0.05) is 24.3 Å². The van der Waals surface area contributed by atoms with Gasteiger partial charge in [0.1, 0.15) is 0 Å². The molecule has 0 saturated heterocycles. The van der Waals surface area contributed by atoms with Crippen LogP contribution in [0.25, 0.3) is 0 Å². The van der Waals surface area contributed by atoms with E-state index in [9.17, 15) is 14.4 Å². The van der Waals surface area contributed by atoms with E-state index in [-0.39, 0.29) is 32.7 Å². The third-order valence-electron chi connectivity index (χ3n) is 2.54. The van der Waals surface area contributed by atoms with Gasteiger partial charge in [0.25, 0.3) is 0 Å². The molecule has 0 aliphatic rings. The molecule has 0 amide bonds. The van der Waals surface area contributed by atoms with Gasteiger partial charge in [-0.2, -0.15) is 0 Å². The molecule has 0 bridgehead atoms. The number of esters is 1. The topological polar surface area (TPSA) is 162 Å². The maximum absolute atomic E-state index is 9.90. The van der Waals surface area contributed by atoms with E-state index in [0.717, 1.165) is 6.08 Å². The van der Waals surface area contributed by atoms with E-state index in [0.29, 0.717) is 12.8 Å². The van der Waals surface area contributed by atoms with Crippen LogP contribution in [0, 0.1) is 5.41 Å². The molecule has 5 N–H and O–H groups in total. The second kappa shape index (κ2) is 17.4. The number of unbranched alkanes of at least 4 members (excludes halogenated alkanes) is 1. The summed E-state index contributed by atoms with van der Waals surface area (Å²) in [4.78, 5) is 29.6. The van der Waals surface area contributed by atoms with Crippen molar-refractivity contribution in [1.29, 1.82) is 0 Å². The van der Waals surface area contributed by atoms with Gasteiger partial charge in [0.15, 0.2) is 0 Å². The van der Waals surface area contributed by atoms with Crippen molar-refractivity contribution in [3.8, 4) is 0 Å². The highest BCUT2D eigenvalue weighted by Crippen LogP contribution is 2.10. The Balaban J connectivity index is -0.000000285. The number of aliphatic hydroxyl groups excluding tert-OH is 3. The smallest absolute Gasteiger partial charge is 0.329 e. The molecule has 0 atom stereocenters. The zero-order chi connectivity index (χ0) is 19.6. The first-order valence-electron chi connectivity index (χ1n) is 7.09. The maximum atomic E-state index is 9.90. The standard InChI is InChI=1S/C6H10O4.C5H12O3.C4H6O2/c7-5(8)3-1-2-4-6(9)10;1-5(2-6,3-7)4-8;1-3-4(5)6-2/h1-4H2,(H,7,8)(H,9,10);6-8H,2-4H2,1H3;3H,1H2,2H3. The summed E-state index contributed by atoms with van der Waals surface area (Å²) >= 11 is 0. The van der Waals surface area contributed by atoms with Gasteiger partial charge >= 0.3 is 17.9 Å². The van der Waals surface area contributed by atoms with E-state index in [4.69, 9.17) is 25.5 Å². The first-order valence-corrected chi connectivity index (χ1v) is 7.09. The molecule has 0 saturated carbocycles. The normalized spacial score (nSPS) is 9.54. The summed E-state index contributed by atoms with van der Waals surface area (Å²) in [6, 6.07) is 0. The highest BCUT2D eigenvalue weighted by Gasteiger charge is 2.20. The molecule has 0 spiro atoms. The van der Waals surface area contributed by atoms with Gasteiger partial charge in [-0.15, -0.1) is 0 Å². The van der Waals surface area contributed by atoms with E-state index in [1.807, 2.05) is 0 Å². The van der Waals surface area contributed by atoms with Gasteiger partial charge < -0.3 is 30.3 Å². The number of aliphatic carboxylic acids is 2. The summed E-state index contributed by atoms with van der Waals surface area (Å²) < 4.78 is 4.14. The second-order valence-corrected chi connectivity index (χ2v) is 5.01. The number of hydrogen-bond donors (Lipinski definition) is 5. The highest BCUT2D eigenvalue weighted by molar-refractivity contribution is 5.80. The summed E-state index contributed by atoms with van der Waals surface area (Å²) in [6.45, 7) is 4.22. The Kier molecular flexibility index (Phi) is 19.5. The van der Waals surface area contributed by atoms with Crippen molar-refractivity contribution >= 4 is 17.9 Å². The minimum atomic E-state index is -0.870. The molecule has 142 valence electrons. The molecule has 9 heteroatoms. The summed E-state index contributed by atoms with van der Waals surface area (Å²) in [5.41, 5.74) is -0.708. The van der Waals surface area contributed by atoms with Crippen LogP contribution in [0.3, 0.4) is 0 Å². The third kappa shape index (κ3) is 22.3. The molecule has 0 aromatic carbocycles. The van der Waals surface area contributed by atoms with Gasteiger partial charge in [-0.25, -0.2) is 4.79 Å². The molecule has 0 rings (SSSR count). The number of aliphatic hydroxyl groups is 3. The predicted octanol–water partition coefficient (Wildman–Crippen LogP) is 0.0310. The molecule has 0 aliphatic carbocycles. The summed E-state index contributed by atoms with van der Waals surface area (Å²) in [6.07, 6.45) is 2.13. The molecule has 0 aliphatic heterocycles. The van der Waals surface area contributed by atoms with Crippen molar-refractivity contribution in [3.05, 3.63) is 12.7 Å². The molecule has 0 unspecified atom stereocenters. The van der Waals surface area contributed by atoms with Crippen LogP contribution < -0.4 is 0 Å². The lowest BCUT2D eigenvalue weighted by Crippen LogP contribution is -2.29. The van der Waals surface area contributed by atoms with Crippen molar-refractivity contribution in [2.75, 3.05) is 26.9 Å². The van der Waals surface area contributed by atoms with Crippen LogP contribution in [0.2, 0.25) is 0 Å². The van der Waals surface area contributed by atoms with Crippen molar-refractivity contribution < 1.29 is 44.7 Å². The van der Waals surface area contributed by atoms with Crippen LogP contribution in [0.1, 0.15) is 32.6 Å². The Bertz CT molecular complexity index is 338. The fraction of sp³-hybridized carbons (Fsp3) is 0.667. The molecule has 0 radical (unpaired) electrons. The lowest BCUT2D eigenvalue weighted by atomic mass is 9.95. The zero-order valence-corrected chi connectivity index (χ0v) is 14.1. The molecule has 0 heterocycles.